The van der Waals surface area contributed by atoms with Gasteiger partial charge in [-0.3, -0.25) is 4.79 Å². The lowest BCUT2D eigenvalue weighted by Gasteiger charge is -2.36. The van der Waals surface area contributed by atoms with Gasteiger partial charge in [0.25, 0.3) is 5.91 Å². The zero-order valence-corrected chi connectivity index (χ0v) is 17.0. The molecule has 0 spiro atoms. The summed E-state index contributed by atoms with van der Waals surface area (Å²) in [6.07, 6.45) is 6.87. The summed E-state index contributed by atoms with van der Waals surface area (Å²) in [7, 11) is 0. The van der Waals surface area contributed by atoms with E-state index in [0.29, 0.717) is 29.3 Å². The topological polar surface area (TPSA) is 38.1 Å². The Morgan fingerprint density at radius 1 is 1.11 bits per heavy atom. The Hall–Kier alpha value is -1.81. The molecular weight excluding hydrogens is 358 g/mol. The van der Waals surface area contributed by atoms with E-state index in [2.05, 4.69) is 29.1 Å². The Morgan fingerprint density at radius 3 is 2.30 bits per heavy atom. The number of aryl methyl sites for hydroxylation is 1. The van der Waals surface area contributed by atoms with Crippen molar-refractivity contribution in [3.63, 3.8) is 0 Å². The first-order valence-electron chi connectivity index (χ1n) is 10.1. The van der Waals surface area contributed by atoms with E-state index < -0.39 is 0 Å². The van der Waals surface area contributed by atoms with E-state index in [1.165, 1.54) is 12.8 Å². The Morgan fingerprint density at radius 2 is 1.70 bits per heavy atom. The summed E-state index contributed by atoms with van der Waals surface area (Å²) >= 11 is 6.66. The molecule has 0 aliphatic heterocycles. The summed E-state index contributed by atoms with van der Waals surface area (Å²) in [6.45, 7) is 4.79. The van der Waals surface area contributed by atoms with Gasteiger partial charge in [0.15, 0.2) is 0 Å². The maximum absolute atomic E-state index is 13.5. The van der Waals surface area contributed by atoms with Crippen LogP contribution in [0.3, 0.4) is 0 Å². The van der Waals surface area contributed by atoms with E-state index in [4.69, 9.17) is 11.6 Å². The van der Waals surface area contributed by atoms with E-state index in [9.17, 15) is 4.79 Å². The standard InChI is InChI=1S/C22H28ClN3O/c1-15-8-10-18(11-9-15)26(19-12-13-19)22(27)20-16(2)24-25(21(20)23)14-17-6-4-3-5-7-17/h3-7,15,18-19H,8-14H2,1-2H3. The number of rotatable bonds is 5. The molecule has 2 aliphatic carbocycles. The third-order valence-electron chi connectivity index (χ3n) is 6.01. The van der Waals surface area contributed by atoms with Crippen molar-refractivity contribution in [2.45, 2.75) is 71.0 Å². The second-order valence-electron chi connectivity index (χ2n) is 8.25. The molecule has 1 heterocycles. The maximum Gasteiger partial charge on any atom is 0.259 e. The molecule has 2 fully saturated rings. The molecule has 1 amide bonds. The summed E-state index contributed by atoms with van der Waals surface area (Å²) in [4.78, 5) is 15.7. The molecular formula is C22H28ClN3O. The van der Waals surface area contributed by atoms with E-state index in [1.807, 2.05) is 25.1 Å². The minimum absolute atomic E-state index is 0.0823. The molecule has 144 valence electrons. The van der Waals surface area contributed by atoms with E-state index >= 15 is 0 Å². The summed E-state index contributed by atoms with van der Waals surface area (Å²) in [6, 6.07) is 10.9. The zero-order valence-electron chi connectivity index (χ0n) is 16.2. The largest absolute Gasteiger partial charge is 0.333 e. The number of amides is 1. The van der Waals surface area contributed by atoms with E-state index in [1.54, 1.807) is 4.68 Å². The van der Waals surface area contributed by atoms with Gasteiger partial charge in [0.05, 0.1) is 17.8 Å². The normalized spacial score (nSPS) is 22.6. The van der Waals surface area contributed by atoms with E-state index in [-0.39, 0.29) is 5.91 Å². The van der Waals surface area contributed by atoms with Gasteiger partial charge in [-0.15, -0.1) is 0 Å². The van der Waals surface area contributed by atoms with Crippen LogP contribution in [-0.4, -0.2) is 32.7 Å². The molecule has 0 unspecified atom stereocenters. The van der Waals surface area contributed by atoms with Crippen LogP contribution in [0.1, 0.15) is 67.1 Å². The molecule has 0 bridgehead atoms. The Labute approximate surface area is 166 Å². The van der Waals surface area contributed by atoms with Gasteiger partial charge in [-0.1, -0.05) is 48.9 Å². The molecule has 2 aliphatic rings. The average molecular weight is 386 g/mol. The highest BCUT2D eigenvalue weighted by Crippen LogP contribution is 2.37. The van der Waals surface area contributed by atoms with Crippen molar-refractivity contribution in [2.24, 2.45) is 5.92 Å². The number of hydrogen-bond acceptors (Lipinski definition) is 2. The summed E-state index contributed by atoms with van der Waals surface area (Å²) < 4.78 is 1.76. The van der Waals surface area contributed by atoms with Gasteiger partial charge < -0.3 is 4.90 Å². The SMILES string of the molecule is Cc1nn(Cc2ccccc2)c(Cl)c1C(=O)N(C1CCC(C)CC1)C1CC1. The monoisotopic (exact) mass is 385 g/mol. The fraction of sp³-hybridized carbons (Fsp3) is 0.545. The predicted molar refractivity (Wildman–Crippen MR) is 108 cm³/mol. The van der Waals surface area contributed by atoms with Crippen molar-refractivity contribution in [2.75, 3.05) is 0 Å². The van der Waals surface area contributed by atoms with Gasteiger partial charge in [-0.25, -0.2) is 4.68 Å². The van der Waals surface area contributed by atoms with Gasteiger partial charge in [0.2, 0.25) is 0 Å². The van der Waals surface area contributed by atoms with Crippen LogP contribution in [0.15, 0.2) is 30.3 Å². The Bertz CT molecular complexity index is 804. The molecule has 0 saturated heterocycles. The minimum Gasteiger partial charge on any atom is -0.333 e. The third-order valence-corrected chi connectivity index (χ3v) is 6.39. The number of aromatic nitrogens is 2. The summed E-state index contributed by atoms with van der Waals surface area (Å²) in [5.74, 6) is 0.857. The van der Waals surface area contributed by atoms with Crippen molar-refractivity contribution in [1.82, 2.24) is 14.7 Å². The van der Waals surface area contributed by atoms with E-state index in [0.717, 1.165) is 42.9 Å². The van der Waals surface area contributed by atoms with Crippen LogP contribution in [0.4, 0.5) is 0 Å². The minimum atomic E-state index is 0.0823. The van der Waals surface area contributed by atoms with Gasteiger partial charge in [0.1, 0.15) is 5.15 Å². The highest BCUT2D eigenvalue weighted by molar-refractivity contribution is 6.33. The molecule has 2 aromatic rings. The molecule has 5 heteroatoms. The molecule has 1 aromatic heterocycles. The van der Waals surface area contributed by atoms with Crippen LogP contribution in [-0.2, 0) is 6.54 Å². The van der Waals surface area contributed by atoms with Crippen molar-refractivity contribution in [3.8, 4) is 0 Å². The first-order chi connectivity index (χ1) is 13.0. The fourth-order valence-corrected chi connectivity index (χ4v) is 4.60. The molecule has 0 atom stereocenters. The van der Waals surface area contributed by atoms with Gasteiger partial charge in [0, 0.05) is 12.1 Å². The molecule has 27 heavy (non-hydrogen) atoms. The van der Waals surface area contributed by atoms with Gasteiger partial charge in [-0.2, -0.15) is 5.10 Å². The van der Waals surface area contributed by atoms with Crippen molar-refractivity contribution >= 4 is 17.5 Å². The molecule has 1 aromatic carbocycles. The lowest BCUT2D eigenvalue weighted by molar-refractivity contribution is 0.0592. The number of hydrogen-bond donors (Lipinski definition) is 0. The van der Waals surface area contributed by atoms with Crippen molar-refractivity contribution in [3.05, 3.63) is 52.3 Å². The smallest absolute Gasteiger partial charge is 0.259 e. The quantitative estimate of drug-likeness (QED) is 0.720. The number of halogens is 1. The second kappa shape index (κ2) is 7.67. The first kappa shape index (κ1) is 18.5. The lowest BCUT2D eigenvalue weighted by atomic mass is 9.86. The predicted octanol–water partition coefficient (Wildman–Crippen LogP) is 5.08. The first-order valence-corrected chi connectivity index (χ1v) is 10.5. The zero-order chi connectivity index (χ0) is 19.0. The third kappa shape index (κ3) is 3.91. The number of carbonyl (C=O) groups is 1. The fourth-order valence-electron chi connectivity index (χ4n) is 4.29. The van der Waals surface area contributed by atoms with Crippen molar-refractivity contribution < 1.29 is 4.79 Å². The second-order valence-corrected chi connectivity index (χ2v) is 8.61. The van der Waals surface area contributed by atoms with Crippen LogP contribution in [0.2, 0.25) is 5.15 Å². The molecule has 2 saturated carbocycles. The molecule has 0 N–H and O–H groups in total. The maximum atomic E-state index is 13.5. The highest BCUT2D eigenvalue weighted by Gasteiger charge is 2.40. The number of carbonyl (C=O) groups excluding carboxylic acids is 1. The summed E-state index contributed by atoms with van der Waals surface area (Å²) in [5, 5.41) is 5.05. The molecule has 4 nitrogen and oxygen atoms in total. The highest BCUT2D eigenvalue weighted by atomic mass is 35.5. The number of benzene rings is 1. The van der Waals surface area contributed by atoms with Gasteiger partial charge in [-0.05, 0) is 56.9 Å². The average Bonchev–Trinajstić information content (AvgIpc) is 3.44. The van der Waals surface area contributed by atoms with Crippen LogP contribution in [0, 0.1) is 12.8 Å². The van der Waals surface area contributed by atoms with Crippen LogP contribution < -0.4 is 0 Å². The van der Waals surface area contributed by atoms with Crippen LogP contribution in [0.25, 0.3) is 0 Å². The Balaban J connectivity index is 1.58. The number of nitrogens with zero attached hydrogens (tertiary/aromatic N) is 3. The molecule has 0 radical (unpaired) electrons. The molecule has 4 rings (SSSR count). The van der Waals surface area contributed by atoms with Crippen molar-refractivity contribution in [1.29, 1.82) is 0 Å². The van der Waals surface area contributed by atoms with Crippen LogP contribution in [0.5, 0.6) is 0 Å². The van der Waals surface area contributed by atoms with Gasteiger partial charge >= 0.3 is 0 Å². The van der Waals surface area contributed by atoms with Crippen LogP contribution >= 0.6 is 11.6 Å². The summed E-state index contributed by atoms with van der Waals surface area (Å²) in [5.41, 5.74) is 2.45. The Kier molecular flexibility index (Phi) is 5.27. The lowest BCUT2D eigenvalue weighted by Crippen LogP contribution is -2.44.